The predicted octanol–water partition coefficient (Wildman–Crippen LogP) is 0.439. The molecule has 3 atom stereocenters. The molecular formula is C22H38N4O6. The number of ether oxygens (including phenoxy) is 2. The van der Waals surface area contributed by atoms with Crippen LogP contribution in [0.15, 0.2) is 6.20 Å². The van der Waals surface area contributed by atoms with Crippen LogP contribution in [0.25, 0.3) is 0 Å². The summed E-state index contributed by atoms with van der Waals surface area (Å²) in [6, 6.07) is 0. The summed E-state index contributed by atoms with van der Waals surface area (Å²) in [5.74, 6) is -0.227. The normalized spacial score (nSPS) is 24.6. The molecule has 0 spiro atoms. The van der Waals surface area contributed by atoms with Gasteiger partial charge in [-0.15, -0.1) is 0 Å². The average Bonchev–Trinajstić information content (AvgIpc) is 3.15. The summed E-state index contributed by atoms with van der Waals surface area (Å²) in [5.41, 5.74) is 1.29. The average molecular weight is 455 g/mol. The van der Waals surface area contributed by atoms with E-state index in [2.05, 4.69) is 5.10 Å². The minimum Gasteiger partial charge on any atom is -0.388 e. The summed E-state index contributed by atoms with van der Waals surface area (Å²) in [6.07, 6.45) is 0.776. The molecule has 1 fully saturated rings. The first-order valence-corrected chi connectivity index (χ1v) is 11.3. The number of hydrogen-bond acceptors (Lipinski definition) is 7. The number of aryl methyl sites for hydroxylation is 2. The Hall–Kier alpha value is -2.01. The van der Waals surface area contributed by atoms with Crippen molar-refractivity contribution in [1.29, 1.82) is 0 Å². The third-order valence-electron chi connectivity index (χ3n) is 5.82. The lowest BCUT2D eigenvalue weighted by Crippen LogP contribution is -2.48. The van der Waals surface area contributed by atoms with Crippen LogP contribution >= 0.6 is 0 Å². The van der Waals surface area contributed by atoms with Gasteiger partial charge in [0.05, 0.1) is 17.9 Å². The SMILES string of the molecule is CCn1cc(C(=O)N2CCCCOC[C@H](O)[C@H](O)[C@@H](OC)CN(C(C)=O)CCC2)c(C)n1. The number of aliphatic hydroxyl groups excluding tert-OH is 2. The van der Waals surface area contributed by atoms with Gasteiger partial charge in [-0.3, -0.25) is 14.3 Å². The van der Waals surface area contributed by atoms with Crippen molar-refractivity contribution < 1.29 is 29.3 Å². The summed E-state index contributed by atoms with van der Waals surface area (Å²) in [5, 5.41) is 25.1. The van der Waals surface area contributed by atoms with Crippen molar-refractivity contribution in [2.24, 2.45) is 0 Å². The molecule has 2 amide bonds. The van der Waals surface area contributed by atoms with Crippen LogP contribution in [0.4, 0.5) is 0 Å². The number of rotatable bonds is 3. The minimum absolute atomic E-state index is 0.0286. The van der Waals surface area contributed by atoms with Gasteiger partial charge < -0.3 is 29.5 Å². The number of nitrogens with zero attached hydrogens (tertiary/aromatic N) is 4. The second-order valence-electron chi connectivity index (χ2n) is 8.21. The highest BCUT2D eigenvalue weighted by atomic mass is 16.5. The number of aliphatic hydroxyl groups is 2. The molecule has 0 aliphatic carbocycles. The van der Waals surface area contributed by atoms with Crippen molar-refractivity contribution in [1.82, 2.24) is 19.6 Å². The molecule has 0 saturated carbocycles. The molecule has 0 unspecified atom stereocenters. The van der Waals surface area contributed by atoms with E-state index in [9.17, 15) is 19.8 Å². The summed E-state index contributed by atoms with van der Waals surface area (Å²) in [7, 11) is 1.44. The third-order valence-corrected chi connectivity index (χ3v) is 5.82. The molecule has 0 radical (unpaired) electrons. The lowest BCUT2D eigenvalue weighted by Gasteiger charge is -2.31. The fourth-order valence-electron chi connectivity index (χ4n) is 3.80. The molecule has 1 saturated heterocycles. The van der Waals surface area contributed by atoms with Crippen LogP contribution < -0.4 is 0 Å². The molecule has 0 aromatic carbocycles. The van der Waals surface area contributed by atoms with E-state index in [1.807, 2.05) is 13.8 Å². The van der Waals surface area contributed by atoms with Gasteiger partial charge in [0.1, 0.15) is 18.3 Å². The van der Waals surface area contributed by atoms with Gasteiger partial charge in [-0.1, -0.05) is 0 Å². The zero-order chi connectivity index (χ0) is 23.7. The van der Waals surface area contributed by atoms with E-state index in [0.29, 0.717) is 56.9 Å². The quantitative estimate of drug-likeness (QED) is 0.680. The number of amides is 2. The number of carbonyl (C=O) groups excluding carboxylic acids is 2. The summed E-state index contributed by atoms with van der Waals surface area (Å²) < 4.78 is 12.6. The van der Waals surface area contributed by atoms with Gasteiger partial charge in [-0.05, 0) is 33.1 Å². The van der Waals surface area contributed by atoms with Gasteiger partial charge in [0.25, 0.3) is 5.91 Å². The Morgan fingerprint density at radius 1 is 1.19 bits per heavy atom. The molecule has 10 heteroatoms. The fraction of sp³-hybridized carbons (Fsp3) is 0.773. The van der Waals surface area contributed by atoms with Gasteiger partial charge >= 0.3 is 0 Å². The Bertz CT molecular complexity index is 740. The standard InChI is InChI=1S/C22H38N4O6/c1-5-26-13-18(16(2)23-26)22(30)24-9-6-7-12-32-15-19(28)21(29)20(31-4)14-25(17(3)27)11-8-10-24/h13,19-21,28-29H,5-12,14-15H2,1-4H3/t19-,20-,21-/m0/s1. The fourth-order valence-corrected chi connectivity index (χ4v) is 3.80. The smallest absolute Gasteiger partial charge is 0.257 e. The molecule has 10 nitrogen and oxygen atoms in total. The van der Waals surface area contributed by atoms with Crippen molar-refractivity contribution in [3.8, 4) is 0 Å². The highest BCUT2D eigenvalue weighted by Crippen LogP contribution is 2.13. The molecule has 2 N–H and O–H groups in total. The molecule has 1 aromatic heterocycles. The largest absolute Gasteiger partial charge is 0.388 e. The van der Waals surface area contributed by atoms with Crippen molar-refractivity contribution in [2.45, 2.75) is 64.9 Å². The van der Waals surface area contributed by atoms with Gasteiger partial charge in [-0.25, -0.2) is 0 Å². The Morgan fingerprint density at radius 2 is 1.88 bits per heavy atom. The number of carbonyl (C=O) groups is 2. The topological polar surface area (TPSA) is 117 Å². The Kier molecular flexibility index (Phi) is 10.6. The maximum absolute atomic E-state index is 13.2. The van der Waals surface area contributed by atoms with E-state index in [-0.39, 0.29) is 25.0 Å². The van der Waals surface area contributed by atoms with Crippen LogP contribution in [0, 0.1) is 6.92 Å². The van der Waals surface area contributed by atoms with Crippen LogP contribution in [0.3, 0.4) is 0 Å². The third kappa shape index (κ3) is 7.26. The van der Waals surface area contributed by atoms with Crippen LogP contribution in [0.5, 0.6) is 0 Å². The number of hydrogen-bond donors (Lipinski definition) is 2. The molecule has 1 aliphatic rings. The van der Waals surface area contributed by atoms with Crippen molar-refractivity contribution >= 4 is 11.8 Å². The molecule has 32 heavy (non-hydrogen) atoms. The van der Waals surface area contributed by atoms with Crippen LogP contribution in [0.2, 0.25) is 0 Å². The van der Waals surface area contributed by atoms with Gasteiger partial charge in [0.15, 0.2) is 0 Å². The van der Waals surface area contributed by atoms with E-state index in [0.717, 1.165) is 6.42 Å². The Morgan fingerprint density at radius 3 is 2.50 bits per heavy atom. The van der Waals surface area contributed by atoms with Crippen molar-refractivity contribution in [3.05, 3.63) is 17.5 Å². The summed E-state index contributed by atoms with van der Waals surface area (Å²) >= 11 is 0. The Labute approximate surface area is 190 Å². The molecule has 1 aliphatic heterocycles. The van der Waals surface area contributed by atoms with E-state index in [1.54, 1.807) is 20.7 Å². The van der Waals surface area contributed by atoms with E-state index in [4.69, 9.17) is 9.47 Å². The van der Waals surface area contributed by atoms with Crippen LogP contribution in [0.1, 0.15) is 49.2 Å². The summed E-state index contributed by atoms with van der Waals surface area (Å²) in [6.45, 7) is 7.94. The highest BCUT2D eigenvalue weighted by molar-refractivity contribution is 5.95. The maximum atomic E-state index is 13.2. The lowest BCUT2D eigenvalue weighted by molar-refractivity contribution is -0.136. The first-order chi connectivity index (χ1) is 15.3. The van der Waals surface area contributed by atoms with E-state index < -0.39 is 18.3 Å². The first kappa shape index (κ1) is 26.2. The lowest BCUT2D eigenvalue weighted by atomic mass is 10.1. The first-order valence-electron chi connectivity index (χ1n) is 11.3. The molecule has 182 valence electrons. The van der Waals surface area contributed by atoms with Gasteiger partial charge in [0.2, 0.25) is 5.91 Å². The molecular weight excluding hydrogens is 416 g/mol. The maximum Gasteiger partial charge on any atom is 0.257 e. The number of aromatic nitrogens is 2. The summed E-state index contributed by atoms with van der Waals surface area (Å²) in [4.78, 5) is 28.8. The monoisotopic (exact) mass is 454 g/mol. The molecule has 1 aromatic rings. The van der Waals surface area contributed by atoms with Crippen molar-refractivity contribution in [2.75, 3.05) is 46.5 Å². The van der Waals surface area contributed by atoms with Crippen molar-refractivity contribution in [3.63, 3.8) is 0 Å². The number of methoxy groups -OCH3 is 1. The van der Waals surface area contributed by atoms with Crippen LogP contribution in [-0.4, -0.2) is 106 Å². The predicted molar refractivity (Wildman–Crippen MR) is 118 cm³/mol. The highest BCUT2D eigenvalue weighted by Gasteiger charge is 2.29. The van der Waals surface area contributed by atoms with Crippen LogP contribution in [-0.2, 0) is 20.8 Å². The van der Waals surface area contributed by atoms with E-state index in [1.165, 1.54) is 14.0 Å². The van der Waals surface area contributed by atoms with Gasteiger partial charge in [0, 0.05) is 59.6 Å². The molecule has 0 bridgehead atoms. The zero-order valence-electron chi connectivity index (χ0n) is 19.7. The molecule has 2 rings (SSSR count). The zero-order valence-corrected chi connectivity index (χ0v) is 19.7. The Balaban J connectivity index is 2.16. The minimum atomic E-state index is -1.18. The van der Waals surface area contributed by atoms with E-state index >= 15 is 0 Å². The molecule has 2 heterocycles. The van der Waals surface area contributed by atoms with Gasteiger partial charge in [-0.2, -0.15) is 5.10 Å². The second-order valence-corrected chi connectivity index (χ2v) is 8.21. The second kappa shape index (κ2) is 12.9.